The molecule has 0 aliphatic carbocycles. The minimum Gasteiger partial charge on any atom is -0.310 e. The predicted octanol–water partition coefficient (Wildman–Crippen LogP) is 3.21. The maximum absolute atomic E-state index is 13.1. The molecule has 0 amide bonds. The summed E-state index contributed by atoms with van der Waals surface area (Å²) >= 11 is 5.86. The van der Waals surface area contributed by atoms with Crippen LogP contribution in [0.5, 0.6) is 0 Å². The Balaban J connectivity index is 2.38. The molecule has 0 spiro atoms. The normalized spacial score (nSPS) is 21.5. The third kappa shape index (κ3) is 1.64. The molecule has 1 fully saturated rings. The van der Waals surface area contributed by atoms with Crippen LogP contribution >= 0.6 is 11.6 Å². The molecule has 3 heteroatoms. The molecule has 0 bridgehead atoms. The maximum atomic E-state index is 13.1. The summed E-state index contributed by atoms with van der Waals surface area (Å²) in [6.07, 6.45) is 2.29. The number of halogens is 2. The minimum atomic E-state index is -0.328. The molecule has 1 aromatic rings. The summed E-state index contributed by atoms with van der Waals surface area (Å²) in [6, 6.07) is 3.64. The number of nitrogens with one attached hydrogen (secondary N) is 1. The van der Waals surface area contributed by atoms with Crippen molar-refractivity contribution in [2.45, 2.75) is 25.8 Å². The molecule has 0 aromatic heterocycles. The van der Waals surface area contributed by atoms with Gasteiger partial charge in [0.2, 0.25) is 0 Å². The van der Waals surface area contributed by atoms with E-state index in [1.54, 1.807) is 0 Å². The van der Waals surface area contributed by atoms with Crippen molar-refractivity contribution in [2.24, 2.45) is 0 Å². The highest BCUT2D eigenvalue weighted by molar-refractivity contribution is 6.31. The fraction of sp³-hybridized carbons (Fsp3) is 0.455. The van der Waals surface area contributed by atoms with E-state index in [1.165, 1.54) is 12.5 Å². The van der Waals surface area contributed by atoms with Gasteiger partial charge < -0.3 is 5.32 Å². The number of benzene rings is 1. The Morgan fingerprint density at radius 2 is 2.29 bits per heavy atom. The van der Waals surface area contributed by atoms with Crippen molar-refractivity contribution in [3.05, 3.63) is 34.1 Å². The standard InChI is InChI=1S/C11H13ClFN/c1-7-8(10-3-2-6-14-10)4-5-9(13)11(7)12/h4-5,10,14H,2-3,6H2,1H3. The van der Waals surface area contributed by atoms with Gasteiger partial charge in [0.05, 0.1) is 5.02 Å². The van der Waals surface area contributed by atoms with Gasteiger partial charge in [-0.1, -0.05) is 17.7 Å². The van der Waals surface area contributed by atoms with E-state index in [-0.39, 0.29) is 10.8 Å². The van der Waals surface area contributed by atoms with Crippen LogP contribution in [0.2, 0.25) is 5.02 Å². The van der Waals surface area contributed by atoms with Crippen molar-refractivity contribution in [1.82, 2.24) is 5.32 Å². The van der Waals surface area contributed by atoms with Crippen molar-refractivity contribution in [3.63, 3.8) is 0 Å². The molecule has 0 saturated carbocycles. The fourth-order valence-electron chi connectivity index (χ4n) is 1.99. The van der Waals surface area contributed by atoms with Crippen LogP contribution in [-0.4, -0.2) is 6.54 Å². The van der Waals surface area contributed by atoms with Crippen molar-refractivity contribution in [2.75, 3.05) is 6.54 Å². The summed E-state index contributed by atoms with van der Waals surface area (Å²) in [6.45, 7) is 2.92. The predicted molar refractivity (Wildman–Crippen MR) is 56.1 cm³/mol. The van der Waals surface area contributed by atoms with Crippen LogP contribution in [0.3, 0.4) is 0 Å². The van der Waals surface area contributed by atoms with Gasteiger partial charge in [0.25, 0.3) is 0 Å². The highest BCUT2D eigenvalue weighted by Gasteiger charge is 2.19. The molecule has 1 aromatic carbocycles. The SMILES string of the molecule is Cc1c(C2CCCN2)ccc(F)c1Cl. The highest BCUT2D eigenvalue weighted by atomic mass is 35.5. The number of hydrogen-bond acceptors (Lipinski definition) is 1. The molecule has 1 heterocycles. The second-order valence-electron chi connectivity index (χ2n) is 3.72. The molecule has 1 saturated heterocycles. The fourth-order valence-corrected chi connectivity index (χ4v) is 2.17. The van der Waals surface area contributed by atoms with Gasteiger partial charge in [0.1, 0.15) is 5.82 Å². The van der Waals surface area contributed by atoms with Crippen LogP contribution in [0.25, 0.3) is 0 Å². The van der Waals surface area contributed by atoms with Gasteiger partial charge in [-0.05, 0) is 43.5 Å². The van der Waals surface area contributed by atoms with E-state index in [0.717, 1.165) is 24.1 Å². The number of hydrogen-bond donors (Lipinski definition) is 1. The zero-order valence-corrected chi connectivity index (χ0v) is 8.87. The molecule has 14 heavy (non-hydrogen) atoms. The first-order chi connectivity index (χ1) is 6.70. The number of rotatable bonds is 1. The second kappa shape index (κ2) is 3.87. The smallest absolute Gasteiger partial charge is 0.142 e. The molecule has 1 nitrogen and oxygen atoms in total. The molecular weight excluding hydrogens is 201 g/mol. The lowest BCUT2D eigenvalue weighted by Gasteiger charge is -2.14. The lowest BCUT2D eigenvalue weighted by molar-refractivity contribution is 0.614. The summed E-state index contributed by atoms with van der Waals surface area (Å²) < 4.78 is 13.1. The summed E-state index contributed by atoms with van der Waals surface area (Å²) in [4.78, 5) is 0. The van der Waals surface area contributed by atoms with E-state index < -0.39 is 0 Å². The molecule has 2 rings (SSSR count). The Bertz CT molecular complexity index is 345. The lowest BCUT2D eigenvalue weighted by atomic mass is 10.00. The van der Waals surface area contributed by atoms with Crippen LogP contribution in [0.15, 0.2) is 12.1 Å². The average molecular weight is 214 g/mol. The van der Waals surface area contributed by atoms with E-state index >= 15 is 0 Å². The van der Waals surface area contributed by atoms with Gasteiger partial charge in [-0.2, -0.15) is 0 Å². The van der Waals surface area contributed by atoms with Gasteiger partial charge in [0, 0.05) is 6.04 Å². The van der Waals surface area contributed by atoms with E-state index in [9.17, 15) is 4.39 Å². The first kappa shape index (κ1) is 9.94. The first-order valence-electron chi connectivity index (χ1n) is 4.88. The first-order valence-corrected chi connectivity index (χ1v) is 5.26. The Hall–Kier alpha value is -0.600. The zero-order valence-electron chi connectivity index (χ0n) is 8.11. The van der Waals surface area contributed by atoms with Crippen LogP contribution in [0.1, 0.15) is 30.0 Å². The second-order valence-corrected chi connectivity index (χ2v) is 4.10. The van der Waals surface area contributed by atoms with Crippen molar-refractivity contribution >= 4 is 11.6 Å². The monoisotopic (exact) mass is 213 g/mol. The molecule has 1 unspecified atom stereocenters. The topological polar surface area (TPSA) is 12.0 Å². The molecule has 1 aliphatic heterocycles. The molecule has 76 valence electrons. The van der Waals surface area contributed by atoms with Gasteiger partial charge in [-0.15, -0.1) is 0 Å². The Kier molecular flexibility index (Phi) is 2.75. The van der Waals surface area contributed by atoms with Crippen molar-refractivity contribution in [3.8, 4) is 0 Å². The van der Waals surface area contributed by atoms with Gasteiger partial charge in [-0.3, -0.25) is 0 Å². The molecule has 1 N–H and O–H groups in total. The van der Waals surface area contributed by atoms with Crippen LogP contribution in [0.4, 0.5) is 4.39 Å². The summed E-state index contributed by atoms with van der Waals surface area (Å²) in [5.74, 6) is -0.328. The van der Waals surface area contributed by atoms with E-state index in [1.807, 2.05) is 13.0 Å². The zero-order chi connectivity index (χ0) is 10.1. The van der Waals surface area contributed by atoms with E-state index in [2.05, 4.69) is 5.32 Å². The molecule has 0 radical (unpaired) electrons. The van der Waals surface area contributed by atoms with E-state index in [4.69, 9.17) is 11.6 Å². The lowest BCUT2D eigenvalue weighted by Crippen LogP contribution is -2.14. The maximum Gasteiger partial charge on any atom is 0.142 e. The Labute approximate surface area is 88.3 Å². The molecule has 1 atom stereocenters. The summed E-state index contributed by atoms with van der Waals surface area (Å²) in [5.41, 5.74) is 2.00. The van der Waals surface area contributed by atoms with E-state index in [0.29, 0.717) is 6.04 Å². The highest BCUT2D eigenvalue weighted by Crippen LogP contribution is 2.30. The summed E-state index contributed by atoms with van der Waals surface area (Å²) in [5, 5.41) is 3.64. The molecular formula is C11H13ClFN. The summed E-state index contributed by atoms with van der Waals surface area (Å²) in [7, 11) is 0. The molecule has 1 aliphatic rings. The van der Waals surface area contributed by atoms with Gasteiger partial charge >= 0.3 is 0 Å². The van der Waals surface area contributed by atoms with Gasteiger partial charge in [0.15, 0.2) is 0 Å². The Morgan fingerprint density at radius 1 is 1.50 bits per heavy atom. The van der Waals surface area contributed by atoms with Crippen molar-refractivity contribution in [1.29, 1.82) is 0 Å². The van der Waals surface area contributed by atoms with Crippen LogP contribution in [-0.2, 0) is 0 Å². The third-order valence-electron chi connectivity index (χ3n) is 2.82. The van der Waals surface area contributed by atoms with Crippen LogP contribution < -0.4 is 5.32 Å². The minimum absolute atomic E-state index is 0.260. The van der Waals surface area contributed by atoms with Crippen LogP contribution in [0, 0.1) is 12.7 Å². The quantitative estimate of drug-likeness (QED) is 0.756. The van der Waals surface area contributed by atoms with Gasteiger partial charge in [-0.25, -0.2) is 4.39 Å². The Morgan fingerprint density at radius 3 is 2.93 bits per heavy atom. The third-order valence-corrected chi connectivity index (χ3v) is 3.28. The largest absolute Gasteiger partial charge is 0.310 e. The average Bonchev–Trinajstić information content (AvgIpc) is 2.67. The van der Waals surface area contributed by atoms with Crippen molar-refractivity contribution < 1.29 is 4.39 Å².